The second-order valence-electron chi connectivity index (χ2n) is 24.2. The number of halogens is 1. The second kappa shape index (κ2) is 30.7. The number of nitrogens with zero attached hydrogens (tertiary/aromatic N) is 4. The summed E-state index contributed by atoms with van der Waals surface area (Å²) in [5.74, 6) is -2.66. The Bertz CT molecular complexity index is 3980. The maximum Gasteiger partial charge on any atom is 0.439 e. The van der Waals surface area contributed by atoms with Crippen LogP contribution in [0.2, 0.25) is 0 Å². The molecule has 2 atom stereocenters. The minimum atomic E-state index is -3.67. The third-order valence-electron chi connectivity index (χ3n) is 16.1. The molecular weight excluding hydrogens is 1270 g/mol. The molecule has 25 nitrogen and oxygen atoms in total. The lowest BCUT2D eigenvalue weighted by molar-refractivity contribution is -0.130. The lowest BCUT2D eigenvalue weighted by atomic mass is 9.81. The smallest absolute Gasteiger partial charge is 0.439 e. The van der Waals surface area contributed by atoms with E-state index in [1.54, 1.807) is 66.7 Å². The number of aryl methyl sites for hydroxylation is 1. The first-order valence-electron chi connectivity index (χ1n) is 30.1. The number of carbonyl (C=O) groups excluding carboxylic acids is 5. The summed E-state index contributed by atoms with van der Waals surface area (Å²) in [6, 6.07) is 31.4. The van der Waals surface area contributed by atoms with Crippen LogP contribution in [0.3, 0.4) is 0 Å². The zero-order chi connectivity index (χ0) is 66.4. The third kappa shape index (κ3) is 18.9. The van der Waals surface area contributed by atoms with Gasteiger partial charge in [-0.25, -0.2) is 31.9 Å². The van der Waals surface area contributed by atoms with Crippen LogP contribution in [0.25, 0.3) is 33.9 Å². The SMILES string of the molecule is CC(C)(C)OC(=O)NC[C@H]1CC[C@H](C(=O)N(c2ccc(-c3noc(=O)[nH]3)cc2)[C@@H](Cc2cccc(Br)c2)C(N)=O)CC1.Cc1ccc(S(=O)(=O)N(C)C)cc1-c1cccc(C[C@H](NC(=O)[C@H]2CC[C@H](CNC(=O)O)CC2)C(=O)Nc2ccc(-c3noc(=O)[nH]3)cc2)c1. The highest BCUT2D eigenvalue weighted by Gasteiger charge is 2.37. The average molecular weight is 1350 g/mol. The van der Waals surface area contributed by atoms with E-state index in [1.807, 2.05) is 76.2 Å². The summed E-state index contributed by atoms with van der Waals surface area (Å²) in [6.07, 6.45) is 4.05. The molecule has 7 aromatic rings. The van der Waals surface area contributed by atoms with Gasteiger partial charge in [0.1, 0.15) is 17.7 Å². The Labute approximate surface area is 539 Å². The molecular formula is C65H76BrN11O14S. The predicted molar refractivity (Wildman–Crippen MR) is 346 cm³/mol. The molecule has 0 saturated heterocycles. The molecule has 2 saturated carbocycles. The first kappa shape index (κ1) is 68.7. The molecule has 2 aliphatic rings. The van der Waals surface area contributed by atoms with Crippen molar-refractivity contribution in [3.63, 3.8) is 0 Å². The number of aromatic nitrogens is 4. The fraction of sp³-hybridized carbons (Fsp3) is 0.385. The number of nitrogens with one attached hydrogen (secondary N) is 6. The van der Waals surface area contributed by atoms with Crippen molar-refractivity contribution < 1.29 is 56.1 Å². The summed E-state index contributed by atoms with van der Waals surface area (Å²) in [7, 11) is -0.714. The van der Waals surface area contributed by atoms with E-state index in [9.17, 15) is 46.8 Å². The molecule has 2 aromatic heterocycles. The topological polar surface area (TPSA) is 364 Å². The highest BCUT2D eigenvalue weighted by molar-refractivity contribution is 9.10. The number of alkyl carbamates (subject to hydrolysis) is 1. The van der Waals surface area contributed by atoms with Gasteiger partial charge in [-0.1, -0.05) is 68.7 Å². The number of aromatic amines is 2. The van der Waals surface area contributed by atoms with E-state index >= 15 is 0 Å². The minimum absolute atomic E-state index is 0.143. The maximum absolute atomic E-state index is 14.1. The quantitative estimate of drug-likeness (QED) is 0.0334. The Kier molecular flexibility index (Phi) is 23.0. The molecule has 2 heterocycles. The molecule has 5 aromatic carbocycles. The number of ether oxygens (including phenoxy) is 1. The minimum Gasteiger partial charge on any atom is -0.465 e. The predicted octanol–water partition coefficient (Wildman–Crippen LogP) is 8.55. The first-order valence-corrected chi connectivity index (χ1v) is 32.3. The number of primary amides is 1. The molecule has 488 valence electrons. The zero-order valence-electron chi connectivity index (χ0n) is 51.8. The number of hydrogen-bond donors (Lipinski definition) is 8. The molecule has 6 amide bonds. The molecule has 0 spiro atoms. The Morgan fingerprint density at radius 2 is 1.27 bits per heavy atom. The Morgan fingerprint density at radius 3 is 1.80 bits per heavy atom. The summed E-state index contributed by atoms with van der Waals surface area (Å²) >= 11 is 3.47. The molecule has 9 N–H and O–H groups in total. The molecule has 27 heteroatoms. The lowest BCUT2D eigenvalue weighted by Crippen LogP contribution is -2.52. The number of rotatable bonds is 21. The van der Waals surface area contributed by atoms with Gasteiger partial charge in [0.25, 0.3) is 0 Å². The number of sulfonamides is 1. The standard InChI is InChI=1S/C35H40N6O8S.C30H36BrN5O6/c1-21-7-16-28(50(47,48)41(2)3)19-29(21)26-6-4-5-23(17-26)18-30(38-32(42)25-10-8-22(9-11-25)20-36-34(44)45)33(43)37-27-14-12-24(13-15-27)31-39-35(46)49-40-31;1-30(2,3)41-28(39)33-17-18-7-9-21(10-8-18)27(38)36(24(25(32)37)16-19-5-4-6-22(31)15-19)23-13-11-20(12-14-23)26-34-29(40)42-35-26/h4-7,12-17,19,22,25,30,36H,8-11,18,20H2,1-3H3,(H,37,43)(H,38,42)(H,44,45)(H,39,40,46);4-6,11-15,18,21,24H,7-10,16-17H2,1-3H3,(H2,32,37)(H,33,39)(H,34,35,40)/t22-,25-,30-;18-,21-,24-/m00/s1. The molecule has 0 radical (unpaired) electrons. The van der Waals surface area contributed by atoms with Gasteiger partial charge in [-0.2, -0.15) is 0 Å². The summed E-state index contributed by atoms with van der Waals surface area (Å²) in [6.45, 7) is 8.13. The molecule has 0 unspecified atom stereocenters. The van der Waals surface area contributed by atoms with Gasteiger partial charge in [-0.15, -0.1) is 0 Å². The van der Waals surface area contributed by atoms with Crippen LogP contribution in [0.5, 0.6) is 0 Å². The monoisotopic (exact) mass is 1350 g/mol. The van der Waals surface area contributed by atoms with Crippen molar-refractivity contribution in [2.75, 3.05) is 37.4 Å². The van der Waals surface area contributed by atoms with Gasteiger partial charge >= 0.3 is 23.7 Å². The van der Waals surface area contributed by atoms with E-state index in [4.69, 9.17) is 15.6 Å². The second-order valence-corrected chi connectivity index (χ2v) is 27.3. The number of H-pyrrole nitrogens is 2. The van der Waals surface area contributed by atoms with E-state index in [0.29, 0.717) is 74.1 Å². The van der Waals surface area contributed by atoms with Crippen LogP contribution in [-0.2, 0) is 46.8 Å². The molecule has 0 aliphatic heterocycles. The van der Waals surface area contributed by atoms with Crippen LogP contribution in [0, 0.1) is 30.6 Å². The number of carboxylic acid groups (broad SMARTS) is 1. The first-order chi connectivity index (χ1) is 43.7. The maximum atomic E-state index is 14.1. The van der Waals surface area contributed by atoms with Gasteiger partial charge in [-0.3, -0.25) is 43.1 Å². The van der Waals surface area contributed by atoms with Crippen LogP contribution >= 0.6 is 15.9 Å². The van der Waals surface area contributed by atoms with Crippen molar-refractivity contribution in [2.45, 2.75) is 114 Å². The van der Waals surface area contributed by atoms with Crippen LogP contribution in [0.15, 0.2) is 143 Å². The highest BCUT2D eigenvalue weighted by Crippen LogP contribution is 2.35. The Morgan fingerprint density at radius 1 is 0.717 bits per heavy atom. The van der Waals surface area contributed by atoms with Crippen LogP contribution < -0.4 is 43.4 Å². The zero-order valence-corrected chi connectivity index (χ0v) is 54.2. The third-order valence-corrected chi connectivity index (χ3v) is 18.4. The van der Waals surface area contributed by atoms with E-state index in [-0.39, 0.29) is 64.9 Å². The number of hydrogen-bond acceptors (Lipinski definition) is 15. The van der Waals surface area contributed by atoms with Crippen LogP contribution in [-0.4, -0.2) is 119 Å². The lowest BCUT2D eigenvalue weighted by Gasteiger charge is -2.36. The Balaban J connectivity index is 0.000000240. The number of benzene rings is 5. The number of nitrogens with two attached hydrogens (primary N) is 1. The average Bonchev–Trinajstić information content (AvgIpc) is 0.992. The summed E-state index contributed by atoms with van der Waals surface area (Å²) in [5.41, 5.74) is 11.4. The van der Waals surface area contributed by atoms with Crippen molar-refractivity contribution in [1.29, 1.82) is 0 Å². The van der Waals surface area contributed by atoms with Crippen molar-refractivity contribution in [2.24, 2.45) is 29.4 Å². The largest absolute Gasteiger partial charge is 0.465 e. The summed E-state index contributed by atoms with van der Waals surface area (Å²) in [5, 5.41) is 27.4. The van der Waals surface area contributed by atoms with Crippen LogP contribution in [0.1, 0.15) is 88.8 Å². The van der Waals surface area contributed by atoms with Gasteiger partial charge in [0.05, 0.1) is 4.90 Å². The normalized spacial score (nSPS) is 17.2. The van der Waals surface area contributed by atoms with Crippen molar-refractivity contribution in [3.8, 4) is 33.9 Å². The fourth-order valence-corrected chi connectivity index (χ4v) is 12.6. The van der Waals surface area contributed by atoms with Crippen molar-refractivity contribution in [3.05, 3.63) is 158 Å². The van der Waals surface area contributed by atoms with E-state index in [1.165, 1.54) is 19.0 Å². The van der Waals surface area contributed by atoms with Gasteiger partial charge in [0.2, 0.25) is 33.7 Å². The van der Waals surface area contributed by atoms with E-state index < -0.39 is 63.2 Å². The van der Waals surface area contributed by atoms with Gasteiger partial charge < -0.3 is 36.8 Å². The summed E-state index contributed by atoms with van der Waals surface area (Å²) in [4.78, 5) is 107. The van der Waals surface area contributed by atoms with E-state index in [2.05, 4.69) is 66.5 Å². The number of amides is 6. The summed E-state index contributed by atoms with van der Waals surface area (Å²) < 4.78 is 42.2. The molecule has 2 aliphatic carbocycles. The number of carbonyl (C=O) groups is 6. The molecule has 92 heavy (non-hydrogen) atoms. The van der Waals surface area contributed by atoms with E-state index in [0.717, 1.165) is 49.4 Å². The highest BCUT2D eigenvalue weighted by atomic mass is 79.9. The Hall–Kier alpha value is -9.21. The van der Waals surface area contributed by atoms with Crippen molar-refractivity contribution >= 4 is 73.1 Å². The van der Waals surface area contributed by atoms with Gasteiger partial charge in [0.15, 0.2) is 11.6 Å². The van der Waals surface area contributed by atoms with Crippen molar-refractivity contribution in [1.82, 2.24) is 40.5 Å². The van der Waals surface area contributed by atoms with Gasteiger partial charge in [-0.05, 0) is 192 Å². The molecule has 2 fully saturated rings. The molecule has 0 bridgehead atoms. The fourth-order valence-electron chi connectivity index (χ4n) is 11.2. The van der Waals surface area contributed by atoms with Gasteiger partial charge in [0, 0.05) is 78.8 Å². The van der Waals surface area contributed by atoms with Crippen LogP contribution in [0.4, 0.5) is 21.0 Å². The number of anilines is 2. The molecule has 9 rings (SSSR count).